The summed E-state index contributed by atoms with van der Waals surface area (Å²) >= 11 is 5.97. The molecule has 0 saturated heterocycles. The lowest BCUT2D eigenvalue weighted by molar-refractivity contribution is 0.414. The molecule has 0 aliphatic heterocycles. The summed E-state index contributed by atoms with van der Waals surface area (Å²) in [6, 6.07) is 6.13. The van der Waals surface area contributed by atoms with E-state index < -0.39 is 0 Å². The molecule has 1 aromatic rings. The maximum absolute atomic E-state index is 6.03. The molecule has 1 saturated carbocycles. The highest BCUT2D eigenvalue weighted by molar-refractivity contribution is 6.32. The Morgan fingerprint density at radius 2 is 2.00 bits per heavy atom. The average Bonchev–Trinajstić information content (AvgIpc) is 2.68. The van der Waals surface area contributed by atoms with Gasteiger partial charge in [0.15, 0.2) is 0 Å². The molecule has 1 fully saturated rings. The van der Waals surface area contributed by atoms with Crippen LogP contribution in [-0.4, -0.2) is 13.2 Å². The average molecular weight is 226 g/mol. The minimum atomic E-state index is 0.193. The van der Waals surface area contributed by atoms with Crippen LogP contribution in [0.2, 0.25) is 5.02 Å². The molecule has 0 heterocycles. The van der Waals surface area contributed by atoms with Crippen molar-refractivity contribution in [3.8, 4) is 5.75 Å². The molecule has 2 rings (SSSR count). The van der Waals surface area contributed by atoms with Crippen LogP contribution in [0.3, 0.4) is 0 Å². The fourth-order valence-electron chi connectivity index (χ4n) is 2.18. The lowest BCUT2D eigenvalue weighted by Gasteiger charge is -2.07. The lowest BCUT2D eigenvalue weighted by Crippen LogP contribution is -2.06. The summed E-state index contributed by atoms with van der Waals surface area (Å²) in [5.41, 5.74) is 7.44. The molecule has 0 radical (unpaired) electrons. The number of rotatable bonds is 2. The van der Waals surface area contributed by atoms with Crippen LogP contribution >= 0.6 is 11.6 Å². The minimum Gasteiger partial charge on any atom is -0.495 e. The van der Waals surface area contributed by atoms with Gasteiger partial charge in [-0.25, -0.2) is 0 Å². The Labute approximate surface area is 95.4 Å². The number of ether oxygens (including phenoxy) is 1. The standard InChI is InChI=1S/C12H16ClNO/c1-12(2)10(11(12)14)7-4-5-8(13)9(6-7)15-3/h4-6,10-11H,14H2,1-3H3/t10-,11-/m0/s1. The fraction of sp³-hybridized carbons (Fsp3) is 0.500. The number of hydrogen-bond acceptors (Lipinski definition) is 2. The first-order chi connectivity index (χ1) is 6.98. The van der Waals surface area contributed by atoms with E-state index in [0.717, 1.165) is 5.75 Å². The molecule has 1 aromatic carbocycles. The van der Waals surface area contributed by atoms with Crippen LogP contribution in [0.5, 0.6) is 5.75 Å². The van der Waals surface area contributed by atoms with Gasteiger partial charge in [-0.15, -0.1) is 0 Å². The third-order valence-corrected chi connectivity index (χ3v) is 3.76. The number of halogens is 1. The molecule has 2 N–H and O–H groups in total. The second-order valence-electron chi connectivity index (χ2n) is 4.72. The normalized spacial score (nSPS) is 27.5. The van der Waals surface area contributed by atoms with Crippen molar-refractivity contribution in [1.29, 1.82) is 0 Å². The van der Waals surface area contributed by atoms with E-state index in [4.69, 9.17) is 22.1 Å². The van der Waals surface area contributed by atoms with Gasteiger partial charge >= 0.3 is 0 Å². The maximum Gasteiger partial charge on any atom is 0.137 e. The second kappa shape index (κ2) is 3.39. The molecule has 2 nitrogen and oxygen atoms in total. The first-order valence-electron chi connectivity index (χ1n) is 5.07. The maximum atomic E-state index is 6.03. The van der Waals surface area contributed by atoms with Gasteiger partial charge < -0.3 is 10.5 Å². The molecule has 1 aliphatic rings. The fourth-order valence-corrected chi connectivity index (χ4v) is 2.38. The third-order valence-electron chi connectivity index (χ3n) is 3.44. The van der Waals surface area contributed by atoms with Crippen LogP contribution in [0, 0.1) is 5.41 Å². The van der Waals surface area contributed by atoms with Crippen molar-refractivity contribution in [3.63, 3.8) is 0 Å². The van der Waals surface area contributed by atoms with Gasteiger partial charge in [-0.1, -0.05) is 31.5 Å². The van der Waals surface area contributed by atoms with Crippen LogP contribution in [0.1, 0.15) is 25.3 Å². The zero-order chi connectivity index (χ0) is 11.2. The highest BCUT2D eigenvalue weighted by Gasteiger charge is 2.56. The van der Waals surface area contributed by atoms with Crippen LogP contribution in [0.25, 0.3) is 0 Å². The number of hydrogen-bond donors (Lipinski definition) is 1. The van der Waals surface area contributed by atoms with E-state index >= 15 is 0 Å². The van der Waals surface area contributed by atoms with Gasteiger partial charge in [0.05, 0.1) is 12.1 Å². The van der Waals surface area contributed by atoms with E-state index in [9.17, 15) is 0 Å². The zero-order valence-electron chi connectivity index (χ0n) is 9.25. The molecule has 2 atom stereocenters. The monoisotopic (exact) mass is 225 g/mol. The van der Waals surface area contributed by atoms with Gasteiger partial charge in [0.25, 0.3) is 0 Å². The highest BCUT2D eigenvalue weighted by Crippen LogP contribution is 2.57. The second-order valence-corrected chi connectivity index (χ2v) is 5.13. The Bertz CT molecular complexity index is 389. The van der Waals surface area contributed by atoms with E-state index in [1.54, 1.807) is 7.11 Å². The molecule has 0 spiro atoms. The highest BCUT2D eigenvalue weighted by atomic mass is 35.5. The Hall–Kier alpha value is -0.730. The van der Waals surface area contributed by atoms with Crippen molar-refractivity contribution in [2.75, 3.05) is 7.11 Å². The summed E-state index contributed by atoms with van der Waals surface area (Å²) in [5.74, 6) is 1.15. The minimum absolute atomic E-state index is 0.193. The lowest BCUT2D eigenvalue weighted by atomic mass is 10.0. The zero-order valence-corrected chi connectivity index (χ0v) is 10.0. The van der Waals surface area contributed by atoms with Crippen LogP contribution in [0.4, 0.5) is 0 Å². The van der Waals surface area contributed by atoms with Crippen molar-refractivity contribution in [2.45, 2.75) is 25.8 Å². The van der Waals surface area contributed by atoms with Crippen molar-refractivity contribution in [1.82, 2.24) is 0 Å². The molecule has 0 bridgehead atoms. The molecule has 1 aliphatic carbocycles. The molecule has 0 aromatic heterocycles. The molecule has 3 heteroatoms. The Morgan fingerprint density at radius 1 is 1.40 bits per heavy atom. The summed E-state index contributed by atoms with van der Waals surface area (Å²) in [7, 11) is 1.63. The number of benzene rings is 1. The van der Waals surface area contributed by atoms with Crippen molar-refractivity contribution in [3.05, 3.63) is 28.8 Å². The smallest absolute Gasteiger partial charge is 0.137 e. The number of nitrogens with two attached hydrogens (primary N) is 1. The number of methoxy groups -OCH3 is 1. The Balaban J connectivity index is 2.32. The summed E-state index contributed by atoms with van der Waals surface area (Å²) in [4.78, 5) is 0. The Morgan fingerprint density at radius 3 is 2.47 bits per heavy atom. The summed E-state index contributed by atoms with van der Waals surface area (Å²) in [6.45, 7) is 4.37. The van der Waals surface area contributed by atoms with E-state index in [0.29, 0.717) is 10.9 Å². The van der Waals surface area contributed by atoms with Crippen molar-refractivity contribution >= 4 is 11.6 Å². The predicted octanol–water partition coefficient (Wildman–Crippen LogP) is 2.80. The molecule has 0 unspecified atom stereocenters. The van der Waals surface area contributed by atoms with Crippen LogP contribution < -0.4 is 10.5 Å². The van der Waals surface area contributed by atoms with Gasteiger partial charge in [0.1, 0.15) is 5.75 Å². The van der Waals surface area contributed by atoms with Crippen LogP contribution in [0.15, 0.2) is 18.2 Å². The SMILES string of the molecule is COc1cc([C@H]2[C@H](N)C2(C)C)ccc1Cl. The largest absolute Gasteiger partial charge is 0.495 e. The van der Waals surface area contributed by atoms with Crippen molar-refractivity contribution < 1.29 is 4.74 Å². The van der Waals surface area contributed by atoms with E-state index in [-0.39, 0.29) is 11.5 Å². The van der Waals surface area contributed by atoms with Gasteiger partial charge in [-0.3, -0.25) is 0 Å². The first-order valence-corrected chi connectivity index (χ1v) is 5.45. The third kappa shape index (κ3) is 1.62. The summed E-state index contributed by atoms with van der Waals surface area (Å²) in [6.07, 6.45) is 0. The summed E-state index contributed by atoms with van der Waals surface area (Å²) < 4.78 is 5.19. The van der Waals surface area contributed by atoms with Gasteiger partial charge in [0, 0.05) is 12.0 Å². The molecule has 0 amide bonds. The molecule has 82 valence electrons. The first kappa shape index (κ1) is 10.8. The molecular formula is C12H16ClNO. The predicted molar refractivity (Wildman–Crippen MR) is 62.5 cm³/mol. The van der Waals surface area contributed by atoms with Gasteiger partial charge in [-0.2, -0.15) is 0 Å². The quantitative estimate of drug-likeness (QED) is 0.840. The van der Waals surface area contributed by atoms with Gasteiger partial charge in [-0.05, 0) is 23.1 Å². The molecular weight excluding hydrogens is 210 g/mol. The van der Waals surface area contributed by atoms with E-state index in [1.807, 2.05) is 18.2 Å². The van der Waals surface area contributed by atoms with Crippen LogP contribution in [-0.2, 0) is 0 Å². The van der Waals surface area contributed by atoms with E-state index in [2.05, 4.69) is 13.8 Å². The van der Waals surface area contributed by atoms with Gasteiger partial charge in [0.2, 0.25) is 0 Å². The van der Waals surface area contributed by atoms with E-state index in [1.165, 1.54) is 5.56 Å². The summed E-state index contributed by atoms with van der Waals surface area (Å²) in [5, 5.41) is 0.647. The molecule has 15 heavy (non-hydrogen) atoms. The Kier molecular flexibility index (Phi) is 2.44. The van der Waals surface area contributed by atoms with Crippen molar-refractivity contribution in [2.24, 2.45) is 11.1 Å². The topological polar surface area (TPSA) is 35.2 Å².